The minimum atomic E-state index is -0.512. The first-order chi connectivity index (χ1) is 11.5. The van der Waals surface area contributed by atoms with Crippen molar-refractivity contribution in [1.29, 1.82) is 0 Å². The van der Waals surface area contributed by atoms with Gasteiger partial charge >= 0.3 is 11.7 Å². The summed E-state index contributed by atoms with van der Waals surface area (Å²) < 4.78 is 10.0. The van der Waals surface area contributed by atoms with Crippen LogP contribution < -0.4 is 15.8 Å². The predicted octanol–water partition coefficient (Wildman–Crippen LogP) is 2.85. The van der Waals surface area contributed by atoms with E-state index in [4.69, 9.17) is 4.42 Å². The molecule has 0 aliphatic rings. The second kappa shape index (κ2) is 7.86. The van der Waals surface area contributed by atoms with Crippen LogP contribution in [0.3, 0.4) is 0 Å². The summed E-state index contributed by atoms with van der Waals surface area (Å²) in [5.74, 6) is 0. The minimum absolute atomic E-state index is 0.321. The molecular formula is C18H24N2O4. The molecule has 0 unspecified atom stereocenters. The number of nitrogens with one attached hydrogen (secondary N) is 1. The van der Waals surface area contributed by atoms with Crippen LogP contribution in [-0.4, -0.2) is 32.8 Å². The summed E-state index contributed by atoms with van der Waals surface area (Å²) in [6, 6.07) is 5.94. The maximum atomic E-state index is 12.3. The molecule has 0 aliphatic carbocycles. The van der Waals surface area contributed by atoms with Crippen LogP contribution in [0.2, 0.25) is 0 Å². The van der Waals surface area contributed by atoms with Crippen LogP contribution in [0.1, 0.15) is 25.0 Å². The van der Waals surface area contributed by atoms with Crippen molar-refractivity contribution in [2.24, 2.45) is 0 Å². The normalized spacial score (nSPS) is 10.7. The Morgan fingerprint density at radius 3 is 2.62 bits per heavy atom. The van der Waals surface area contributed by atoms with Crippen LogP contribution >= 0.6 is 0 Å². The Hall–Kier alpha value is -2.50. The number of carbonyl (C=O) groups is 1. The molecule has 6 heteroatoms. The van der Waals surface area contributed by atoms with Gasteiger partial charge in [0.25, 0.3) is 0 Å². The summed E-state index contributed by atoms with van der Waals surface area (Å²) in [7, 11) is 1.30. The molecule has 0 atom stereocenters. The van der Waals surface area contributed by atoms with Crippen LogP contribution in [0.15, 0.2) is 27.4 Å². The molecule has 0 saturated heterocycles. The number of rotatable bonds is 6. The highest BCUT2D eigenvalue weighted by molar-refractivity contribution is 5.84. The van der Waals surface area contributed by atoms with Gasteiger partial charge in [-0.1, -0.05) is 0 Å². The number of aryl methyl sites for hydroxylation is 1. The maximum absolute atomic E-state index is 12.3. The number of amides is 1. The molecule has 24 heavy (non-hydrogen) atoms. The molecule has 0 aliphatic heterocycles. The number of alkyl carbamates (subject to hydrolysis) is 1. The molecule has 6 nitrogen and oxygen atoms in total. The largest absolute Gasteiger partial charge is 0.453 e. The van der Waals surface area contributed by atoms with E-state index in [1.54, 1.807) is 0 Å². The van der Waals surface area contributed by atoms with E-state index in [1.807, 2.05) is 25.1 Å². The molecule has 1 amide bonds. The monoisotopic (exact) mass is 332 g/mol. The van der Waals surface area contributed by atoms with E-state index >= 15 is 0 Å². The van der Waals surface area contributed by atoms with Gasteiger partial charge in [-0.3, -0.25) is 0 Å². The zero-order chi connectivity index (χ0) is 17.7. The number of nitrogens with zero attached hydrogens (tertiary/aromatic N) is 1. The number of carbonyl (C=O) groups excluding carboxylic acids is 1. The van der Waals surface area contributed by atoms with Gasteiger partial charge in [-0.2, -0.15) is 0 Å². The summed E-state index contributed by atoms with van der Waals surface area (Å²) in [5.41, 5.74) is 2.73. The molecule has 0 fully saturated rings. The lowest BCUT2D eigenvalue weighted by molar-refractivity contribution is 0.171. The molecule has 1 aromatic heterocycles. The fraction of sp³-hybridized carbons (Fsp3) is 0.444. The smallest absolute Gasteiger partial charge is 0.406 e. The lowest BCUT2D eigenvalue weighted by Gasteiger charge is -2.21. The van der Waals surface area contributed by atoms with Gasteiger partial charge in [-0.25, -0.2) is 9.59 Å². The Morgan fingerprint density at radius 2 is 2.00 bits per heavy atom. The van der Waals surface area contributed by atoms with Gasteiger partial charge in [0.15, 0.2) is 0 Å². The number of ether oxygens (including phenoxy) is 1. The van der Waals surface area contributed by atoms with Gasteiger partial charge in [0.1, 0.15) is 5.58 Å². The first-order valence-electron chi connectivity index (χ1n) is 8.14. The molecular weight excluding hydrogens is 308 g/mol. The SMILES string of the molecule is CCN(CC)c1ccc2c(C)c(CCNC(=O)OC)c(=O)oc2c1. The number of hydrogen-bond acceptors (Lipinski definition) is 5. The van der Waals surface area contributed by atoms with Crippen molar-refractivity contribution in [3.8, 4) is 0 Å². The van der Waals surface area contributed by atoms with E-state index < -0.39 is 6.09 Å². The van der Waals surface area contributed by atoms with E-state index in [1.165, 1.54) is 7.11 Å². The lowest BCUT2D eigenvalue weighted by Crippen LogP contribution is -2.27. The highest BCUT2D eigenvalue weighted by Gasteiger charge is 2.13. The molecule has 1 N–H and O–H groups in total. The molecule has 0 bridgehead atoms. The third-order valence-electron chi connectivity index (χ3n) is 4.23. The van der Waals surface area contributed by atoms with Crippen LogP contribution in [0.4, 0.5) is 10.5 Å². The number of benzene rings is 1. The van der Waals surface area contributed by atoms with Crippen molar-refractivity contribution in [2.75, 3.05) is 31.6 Å². The van der Waals surface area contributed by atoms with E-state index in [0.29, 0.717) is 24.1 Å². The van der Waals surface area contributed by atoms with Gasteiger partial charge < -0.3 is 19.4 Å². The summed E-state index contributed by atoms with van der Waals surface area (Å²) in [6.45, 7) is 8.19. The standard InChI is InChI=1S/C18H24N2O4/c1-5-20(6-2)13-7-8-14-12(3)15(9-10-19-18(22)23-4)17(21)24-16(14)11-13/h7-8,11H,5-6,9-10H2,1-4H3,(H,19,22). The topological polar surface area (TPSA) is 71.8 Å². The molecule has 0 spiro atoms. The molecule has 1 aromatic carbocycles. The average molecular weight is 332 g/mol. The number of anilines is 1. The molecule has 0 radical (unpaired) electrons. The highest BCUT2D eigenvalue weighted by Crippen LogP contribution is 2.25. The third-order valence-corrected chi connectivity index (χ3v) is 4.23. The van der Waals surface area contributed by atoms with Gasteiger partial charge in [0.05, 0.1) is 7.11 Å². The fourth-order valence-electron chi connectivity index (χ4n) is 2.82. The zero-order valence-electron chi connectivity index (χ0n) is 14.6. The molecule has 0 saturated carbocycles. The van der Waals surface area contributed by atoms with Crippen molar-refractivity contribution >= 4 is 22.7 Å². The van der Waals surface area contributed by atoms with Crippen LogP contribution in [0.25, 0.3) is 11.0 Å². The molecule has 1 heterocycles. The Morgan fingerprint density at radius 1 is 1.29 bits per heavy atom. The Balaban J connectivity index is 2.34. The maximum Gasteiger partial charge on any atom is 0.406 e. The number of hydrogen-bond donors (Lipinski definition) is 1. The summed E-state index contributed by atoms with van der Waals surface area (Å²) >= 11 is 0. The molecule has 130 valence electrons. The molecule has 2 rings (SSSR count). The van der Waals surface area contributed by atoms with E-state index in [2.05, 4.69) is 28.8 Å². The Kier molecular flexibility index (Phi) is 5.84. The number of fused-ring (bicyclic) bond motifs is 1. The summed E-state index contributed by atoms with van der Waals surface area (Å²) in [6.07, 6.45) is -0.113. The Bertz CT molecular complexity index is 778. The van der Waals surface area contributed by atoms with Crippen molar-refractivity contribution in [1.82, 2.24) is 5.32 Å². The third kappa shape index (κ3) is 3.69. The van der Waals surface area contributed by atoms with Crippen LogP contribution in [0, 0.1) is 6.92 Å². The Labute approximate surface area is 141 Å². The predicted molar refractivity (Wildman–Crippen MR) is 94.9 cm³/mol. The summed E-state index contributed by atoms with van der Waals surface area (Å²) in [4.78, 5) is 25.6. The summed E-state index contributed by atoms with van der Waals surface area (Å²) in [5, 5.41) is 3.49. The van der Waals surface area contributed by atoms with Crippen LogP contribution in [0.5, 0.6) is 0 Å². The highest BCUT2D eigenvalue weighted by atomic mass is 16.5. The van der Waals surface area contributed by atoms with E-state index in [9.17, 15) is 9.59 Å². The van der Waals surface area contributed by atoms with E-state index in [-0.39, 0.29) is 5.63 Å². The van der Waals surface area contributed by atoms with Gasteiger partial charge in [-0.05, 0) is 44.9 Å². The van der Waals surface area contributed by atoms with Gasteiger partial charge in [0, 0.05) is 42.3 Å². The fourth-order valence-corrected chi connectivity index (χ4v) is 2.82. The average Bonchev–Trinajstić information content (AvgIpc) is 2.58. The van der Waals surface area contributed by atoms with Gasteiger partial charge in [-0.15, -0.1) is 0 Å². The van der Waals surface area contributed by atoms with Crippen LogP contribution in [-0.2, 0) is 11.2 Å². The number of methoxy groups -OCH3 is 1. The quantitative estimate of drug-likeness (QED) is 0.824. The van der Waals surface area contributed by atoms with Crippen molar-refractivity contribution < 1.29 is 13.9 Å². The second-order valence-corrected chi connectivity index (χ2v) is 5.51. The van der Waals surface area contributed by atoms with Gasteiger partial charge in [0.2, 0.25) is 0 Å². The molecule has 2 aromatic rings. The second-order valence-electron chi connectivity index (χ2n) is 5.51. The zero-order valence-corrected chi connectivity index (χ0v) is 14.6. The lowest BCUT2D eigenvalue weighted by atomic mass is 10.0. The first-order valence-corrected chi connectivity index (χ1v) is 8.14. The first kappa shape index (κ1) is 17.8. The van der Waals surface area contributed by atoms with Crippen molar-refractivity contribution in [3.05, 3.63) is 39.7 Å². The van der Waals surface area contributed by atoms with Crippen molar-refractivity contribution in [3.63, 3.8) is 0 Å². The van der Waals surface area contributed by atoms with Crippen molar-refractivity contribution in [2.45, 2.75) is 27.2 Å². The van der Waals surface area contributed by atoms with E-state index in [0.717, 1.165) is 29.7 Å². The minimum Gasteiger partial charge on any atom is -0.453 e.